The predicted molar refractivity (Wildman–Crippen MR) is 176 cm³/mol. The third kappa shape index (κ3) is 18.0. The topological polar surface area (TPSA) is 96.2 Å². The molecule has 0 aromatic heterocycles. The summed E-state index contributed by atoms with van der Waals surface area (Å²) in [6, 6.07) is 0. The van der Waals surface area contributed by atoms with Crippen LogP contribution in [0.2, 0.25) is 0 Å². The van der Waals surface area contributed by atoms with Crippen LogP contribution in [0.15, 0.2) is 11.6 Å². The molecule has 6 atom stereocenters. The summed E-state index contributed by atoms with van der Waals surface area (Å²) in [5.41, 5.74) is 0.843. The number of carbonyl (C=O) groups is 1. The van der Waals surface area contributed by atoms with Crippen molar-refractivity contribution in [3.63, 3.8) is 0 Å². The maximum atomic E-state index is 11.6. The van der Waals surface area contributed by atoms with E-state index in [1.54, 1.807) is 0 Å². The molecule has 0 spiro atoms. The maximum Gasteiger partial charge on any atom is 0.334 e. The predicted octanol–water partition coefficient (Wildman–Crippen LogP) is 8.87. The first-order chi connectivity index (χ1) is 20.9. The van der Waals surface area contributed by atoms with Crippen LogP contribution in [0.5, 0.6) is 0 Å². The molecule has 2 aliphatic heterocycles. The Morgan fingerprint density at radius 3 is 1.53 bits per heavy atom. The number of hydrogen-bond donors (Lipinski definition) is 3. The average Bonchev–Trinajstić information content (AvgIpc) is 3.61. The maximum absolute atomic E-state index is 11.6. The highest BCUT2D eigenvalue weighted by molar-refractivity contribution is 5.90. The first-order valence-corrected chi connectivity index (χ1v) is 18.5. The first kappa shape index (κ1) is 38.2. The number of esters is 1. The smallest absolute Gasteiger partial charge is 0.334 e. The van der Waals surface area contributed by atoms with Crippen molar-refractivity contribution in [1.29, 1.82) is 0 Å². The number of aliphatic hydroxyl groups excluding tert-OH is 3. The zero-order chi connectivity index (χ0) is 31.1. The van der Waals surface area contributed by atoms with Crippen LogP contribution < -0.4 is 0 Å². The van der Waals surface area contributed by atoms with Crippen LogP contribution in [-0.4, -0.2) is 57.9 Å². The van der Waals surface area contributed by atoms with Gasteiger partial charge in [-0.25, -0.2) is 4.79 Å². The van der Waals surface area contributed by atoms with Crippen LogP contribution in [0.1, 0.15) is 181 Å². The summed E-state index contributed by atoms with van der Waals surface area (Å²) in [6.45, 7) is 4.16. The summed E-state index contributed by atoms with van der Waals surface area (Å²) in [5.74, 6) is -0.139. The van der Waals surface area contributed by atoms with Crippen molar-refractivity contribution in [3.05, 3.63) is 11.6 Å². The van der Waals surface area contributed by atoms with Crippen molar-refractivity contribution in [2.75, 3.05) is 0 Å². The molecule has 0 aromatic rings. The van der Waals surface area contributed by atoms with Gasteiger partial charge >= 0.3 is 5.97 Å². The Labute approximate surface area is 264 Å². The van der Waals surface area contributed by atoms with Crippen LogP contribution in [0.3, 0.4) is 0 Å². The van der Waals surface area contributed by atoms with Crippen LogP contribution in [0, 0.1) is 0 Å². The van der Waals surface area contributed by atoms with Gasteiger partial charge in [0, 0.05) is 5.57 Å². The van der Waals surface area contributed by atoms with Gasteiger partial charge in [-0.15, -0.1) is 0 Å². The summed E-state index contributed by atoms with van der Waals surface area (Å²) in [4.78, 5) is 11.6. The summed E-state index contributed by atoms with van der Waals surface area (Å²) >= 11 is 0. The number of hydrogen-bond acceptors (Lipinski definition) is 6. The van der Waals surface area contributed by atoms with Crippen molar-refractivity contribution in [1.82, 2.24) is 0 Å². The largest absolute Gasteiger partial charge is 0.455 e. The highest BCUT2D eigenvalue weighted by atomic mass is 16.5. The SMILES string of the molecule is CCCCCCCCCCCC[C@@H](O)[C@H]1CC[C@H]([C@H](O)CCCCCC(O)CCCCCCCCC2=C[C@H](C)OC2=O)O1. The molecular weight excluding hydrogens is 540 g/mol. The van der Waals surface area contributed by atoms with E-state index in [4.69, 9.17) is 9.47 Å². The van der Waals surface area contributed by atoms with E-state index in [-0.39, 0.29) is 30.4 Å². The molecule has 0 aliphatic carbocycles. The molecule has 0 radical (unpaired) electrons. The monoisotopic (exact) mass is 609 g/mol. The lowest BCUT2D eigenvalue weighted by Crippen LogP contribution is -2.31. The minimum absolute atomic E-state index is 0.0651. The second kappa shape index (κ2) is 24.3. The van der Waals surface area contributed by atoms with Crippen molar-refractivity contribution in [2.24, 2.45) is 0 Å². The molecule has 6 nitrogen and oxygen atoms in total. The Kier molecular flexibility index (Phi) is 21.6. The third-order valence-electron chi connectivity index (χ3n) is 9.56. The van der Waals surface area contributed by atoms with Gasteiger partial charge in [0.05, 0.1) is 30.5 Å². The Balaban J connectivity index is 1.36. The number of aliphatic hydroxyl groups is 3. The van der Waals surface area contributed by atoms with Crippen LogP contribution in [0.25, 0.3) is 0 Å². The van der Waals surface area contributed by atoms with E-state index in [1.807, 2.05) is 13.0 Å². The Hall–Kier alpha value is -0.950. The molecule has 43 heavy (non-hydrogen) atoms. The van der Waals surface area contributed by atoms with Gasteiger partial charge in [0.15, 0.2) is 0 Å². The molecule has 2 heterocycles. The molecule has 0 amide bonds. The van der Waals surface area contributed by atoms with E-state index in [0.29, 0.717) is 0 Å². The quantitative estimate of drug-likeness (QED) is 0.0606. The highest BCUT2D eigenvalue weighted by Gasteiger charge is 2.34. The lowest BCUT2D eigenvalue weighted by atomic mass is 9.99. The standard InChI is InChI=1S/C37H68O6/c1-3-4-5-6-7-8-9-10-15-20-25-33(39)35-27-28-36(43-35)34(40)26-21-16-19-24-32(38)23-18-14-12-11-13-17-22-31-29-30(2)42-37(31)41/h29-30,32-36,38-40H,3-28H2,1-2H3/t30-,32?,33+,34+,35+,36+/m0/s1. The second-order valence-electron chi connectivity index (χ2n) is 13.6. The molecule has 6 heteroatoms. The van der Waals surface area contributed by atoms with Gasteiger partial charge in [0.25, 0.3) is 0 Å². The molecule has 1 saturated heterocycles. The molecular formula is C37H68O6. The fraction of sp³-hybridized carbons (Fsp3) is 0.919. The van der Waals surface area contributed by atoms with Crippen molar-refractivity contribution < 1.29 is 29.6 Å². The van der Waals surface area contributed by atoms with E-state index in [9.17, 15) is 20.1 Å². The van der Waals surface area contributed by atoms with E-state index >= 15 is 0 Å². The summed E-state index contributed by atoms with van der Waals surface area (Å²) in [7, 11) is 0. The van der Waals surface area contributed by atoms with Gasteiger partial charge in [-0.05, 0) is 64.4 Å². The molecule has 0 saturated carbocycles. The molecule has 0 aromatic carbocycles. The van der Waals surface area contributed by atoms with Gasteiger partial charge in [-0.2, -0.15) is 0 Å². The fourth-order valence-corrected chi connectivity index (χ4v) is 6.74. The van der Waals surface area contributed by atoms with Gasteiger partial charge < -0.3 is 24.8 Å². The minimum atomic E-state index is -0.452. The normalized spacial score (nSPS) is 22.5. The van der Waals surface area contributed by atoms with Crippen molar-refractivity contribution in [2.45, 2.75) is 217 Å². The second-order valence-corrected chi connectivity index (χ2v) is 13.6. The number of unbranched alkanes of at least 4 members (excludes halogenated alkanes) is 16. The zero-order valence-corrected chi connectivity index (χ0v) is 28.0. The zero-order valence-electron chi connectivity index (χ0n) is 28.0. The Bertz CT molecular complexity index is 724. The average molecular weight is 609 g/mol. The Morgan fingerprint density at radius 2 is 1.07 bits per heavy atom. The number of rotatable bonds is 28. The number of cyclic esters (lactones) is 1. The molecule has 252 valence electrons. The van der Waals surface area contributed by atoms with E-state index in [1.165, 1.54) is 70.6 Å². The summed E-state index contributed by atoms with van der Waals surface area (Å²) in [6.07, 6.45) is 29.1. The van der Waals surface area contributed by atoms with Crippen molar-refractivity contribution in [3.8, 4) is 0 Å². The van der Waals surface area contributed by atoms with Crippen LogP contribution in [0.4, 0.5) is 0 Å². The molecule has 1 fully saturated rings. The lowest BCUT2D eigenvalue weighted by molar-refractivity contribution is -0.139. The molecule has 2 rings (SSSR count). The van der Waals surface area contributed by atoms with E-state index in [0.717, 1.165) is 102 Å². The summed E-state index contributed by atoms with van der Waals surface area (Å²) in [5, 5.41) is 31.6. The summed E-state index contributed by atoms with van der Waals surface area (Å²) < 4.78 is 11.2. The van der Waals surface area contributed by atoms with Gasteiger partial charge in [-0.1, -0.05) is 122 Å². The van der Waals surface area contributed by atoms with Crippen molar-refractivity contribution >= 4 is 5.97 Å². The van der Waals surface area contributed by atoms with Crippen LogP contribution in [-0.2, 0) is 14.3 Å². The lowest BCUT2D eigenvalue weighted by Gasteiger charge is -2.22. The van der Waals surface area contributed by atoms with Gasteiger partial charge in [0.1, 0.15) is 6.10 Å². The fourth-order valence-electron chi connectivity index (χ4n) is 6.74. The van der Waals surface area contributed by atoms with E-state index < -0.39 is 12.2 Å². The molecule has 1 unspecified atom stereocenters. The number of carbonyl (C=O) groups excluding carboxylic acids is 1. The highest BCUT2D eigenvalue weighted by Crippen LogP contribution is 2.28. The third-order valence-corrected chi connectivity index (χ3v) is 9.56. The van der Waals surface area contributed by atoms with Crippen LogP contribution >= 0.6 is 0 Å². The molecule has 3 N–H and O–H groups in total. The number of ether oxygens (including phenoxy) is 2. The first-order valence-electron chi connectivity index (χ1n) is 18.5. The van der Waals surface area contributed by atoms with Gasteiger partial charge in [0.2, 0.25) is 0 Å². The van der Waals surface area contributed by atoms with E-state index in [2.05, 4.69) is 6.92 Å². The Morgan fingerprint density at radius 1 is 0.651 bits per heavy atom. The molecule has 0 bridgehead atoms. The molecule has 2 aliphatic rings. The minimum Gasteiger partial charge on any atom is -0.455 e. The van der Waals surface area contributed by atoms with Gasteiger partial charge in [-0.3, -0.25) is 0 Å².